The number of nitrogens with zero attached hydrogens (tertiary/aromatic N) is 2. The predicted molar refractivity (Wildman–Crippen MR) is 85.4 cm³/mol. The minimum absolute atomic E-state index is 0.0688. The number of hydrogen-bond acceptors (Lipinski definition) is 3. The molecule has 1 aromatic carbocycles. The second-order valence-electron chi connectivity index (χ2n) is 6.13. The number of hydrogen-bond donors (Lipinski definition) is 1. The van der Waals surface area contributed by atoms with Gasteiger partial charge in [-0.05, 0) is 36.1 Å². The van der Waals surface area contributed by atoms with Crippen molar-refractivity contribution in [1.82, 2.24) is 4.98 Å². The Morgan fingerprint density at radius 2 is 2.05 bits per heavy atom. The van der Waals surface area contributed by atoms with Crippen LogP contribution in [0.5, 0.6) is 0 Å². The Balaban J connectivity index is 1.85. The topological polar surface area (TPSA) is 36.4 Å². The lowest BCUT2D eigenvalue weighted by molar-refractivity contribution is 0.281. The lowest BCUT2D eigenvalue weighted by Gasteiger charge is -2.41. The molecule has 2 heterocycles. The number of pyridine rings is 1. The fraction of sp³-hybridized carbons (Fsp3) is 0.389. The first kappa shape index (κ1) is 14.1. The summed E-state index contributed by atoms with van der Waals surface area (Å²) in [6, 6.07) is 14.6. The Kier molecular flexibility index (Phi) is 3.93. The molecule has 110 valence electrons. The smallest absolute Gasteiger partial charge is 0.128 e. The van der Waals surface area contributed by atoms with Gasteiger partial charge in [-0.25, -0.2) is 4.98 Å². The summed E-state index contributed by atoms with van der Waals surface area (Å²) in [7, 11) is 0. The van der Waals surface area contributed by atoms with E-state index in [0.717, 1.165) is 30.9 Å². The summed E-state index contributed by atoms with van der Waals surface area (Å²) in [6.45, 7) is 4.41. The van der Waals surface area contributed by atoms with Crippen molar-refractivity contribution in [3.8, 4) is 0 Å². The molecule has 3 nitrogen and oxygen atoms in total. The van der Waals surface area contributed by atoms with E-state index >= 15 is 0 Å². The Hall–Kier alpha value is -1.87. The number of rotatable bonds is 3. The van der Waals surface area contributed by atoms with Crippen molar-refractivity contribution >= 4 is 5.82 Å². The number of aliphatic hydroxyl groups excluding tert-OH is 1. The molecule has 1 saturated heterocycles. The number of benzene rings is 1. The lowest BCUT2D eigenvalue weighted by Crippen LogP contribution is -2.44. The number of piperidine rings is 1. The minimum atomic E-state index is 0.0688. The van der Waals surface area contributed by atoms with Crippen molar-refractivity contribution in [3.05, 3.63) is 59.8 Å². The van der Waals surface area contributed by atoms with Crippen molar-refractivity contribution in [2.45, 2.75) is 31.8 Å². The molecule has 0 bridgehead atoms. The number of aromatic nitrogens is 1. The lowest BCUT2D eigenvalue weighted by atomic mass is 9.76. The molecule has 0 radical (unpaired) electrons. The van der Waals surface area contributed by atoms with E-state index in [4.69, 9.17) is 0 Å². The largest absolute Gasteiger partial charge is 0.392 e. The molecule has 0 amide bonds. The van der Waals surface area contributed by atoms with Crippen LogP contribution in [-0.4, -0.2) is 23.2 Å². The number of anilines is 1. The van der Waals surface area contributed by atoms with E-state index in [1.165, 1.54) is 12.0 Å². The fourth-order valence-electron chi connectivity index (χ4n) is 3.24. The maximum atomic E-state index is 9.29. The van der Waals surface area contributed by atoms with Crippen LogP contribution >= 0.6 is 0 Å². The molecule has 0 aliphatic carbocycles. The molecule has 3 heteroatoms. The molecule has 21 heavy (non-hydrogen) atoms. The van der Waals surface area contributed by atoms with E-state index in [0.29, 0.717) is 0 Å². The van der Waals surface area contributed by atoms with E-state index < -0.39 is 0 Å². The minimum Gasteiger partial charge on any atom is -0.392 e. The first-order chi connectivity index (χ1) is 10.2. The zero-order valence-corrected chi connectivity index (χ0v) is 12.5. The van der Waals surface area contributed by atoms with Gasteiger partial charge in [0.25, 0.3) is 0 Å². The molecule has 3 rings (SSSR count). The second kappa shape index (κ2) is 5.86. The molecular weight excluding hydrogens is 260 g/mol. The third-order valence-corrected chi connectivity index (χ3v) is 4.48. The molecule has 1 fully saturated rings. The first-order valence-corrected chi connectivity index (χ1v) is 7.57. The summed E-state index contributed by atoms with van der Waals surface area (Å²) in [5.41, 5.74) is 2.48. The molecule has 0 saturated carbocycles. The van der Waals surface area contributed by atoms with Gasteiger partial charge in [0.1, 0.15) is 5.82 Å². The first-order valence-electron chi connectivity index (χ1n) is 7.57. The van der Waals surface area contributed by atoms with Crippen molar-refractivity contribution in [2.75, 3.05) is 18.0 Å². The summed E-state index contributed by atoms with van der Waals surface area (Å²) < 4.78 is 0. The van der Waals surface area contributed by atoms with Gasteiger partial charge in [-0.3, -0.25) is 0 Å². The van der Waals surface area contributed by atoms with Crippen LogP contribution in [0.3, 0.4) is 0 Å². The van der Waals surface area contributed by atoms with E-state index in [-0.39, 0.29) is 12.0 Å². The van der Waals surface area contributed by atoms with Crippen LogP contribution in [0.25, 0.3) is 0 Å². The Labute approximate surface area is 126 Å². The van der Waals surface area contributed by atoms with Gasteiger partial charge >= 0.3 is 0 Å². The SMILES string of the molecule is CC1(c2ccccc2)CCCN(c2cc(CO)ccn2)C1. The molecule has 0 spiro atoms. The zero-order valence-electron chi connectivity index (χ0n) is 12.5. The molecular formula is C18H22N2O. The highest BCUT2D eigenvalue weighted by molar-refractivity contribution is 5.43. The third-order valence-electron chi connectivity index (χ3n) is 4.48. The molecule has 2 aromatic rings. The van der Waals surface area contributed by atoms with Crippen molar-refractivity contribution in [1.29, 1.82) is 0 Å². The number of aliphatic hydroxyl groups is 1. The Morgan fingerprint density at radius 3 is 2.81 bits per heavy atom. The third kappa shape index (κ3) is 2.93. The second-order valence-corrected chi connectivity index (χ2v) is 6.13. The molecule has 1 atom stereocenters. The van der Waals surface area contributed by atoms with E-state index in [1.807, 2.05) is 12.1 Å². The highest BCUT2D eigenvalue weighted by atomic mass is 16.3. The monoisotopic (exact) mass is 282 g/mol. The van der Waals surface area contributed by atoms with E-state index in [2.05, 4.69) is 47.1 Å². The van der Waals surface area contributed by atoms with Crippen LogP contribution in [0.1, 0.15) is 30.9 Å². The zero-order chi connectivity index (χ0) is 14.7. The molecule has 1 unspecified atom stereocenters. The van der Waals surface area contributed by atoms with E-state index in [1.54, 1.807) is 6.20 Å². The van der Waals surface area contributed by atoms with Crippen LogP contribution in [-0.2, 0) is 12.0 Å². The highest BCUT2D eigenvalue weighted by Crippen LogP contribution is 2.35. The molecule has 1 aliphatic heterocycles. The summed E-state index contributed by atoms with van der Waals surface area (Å²) >= 11 is 0. The van der Waals surface area contributed by atoms with Crippen LogP contribution < -0.4 is 4.90 Å². The molecule has 1 aliphatic rings. The standard InChI is InChI=1S/C18H22N2O/c1-18(16-6-3-2-4-7-16)9-5-11-20(14-18)17-12-15(13-21)8-10-19-17/h2-4,6-8,10,12,21H,5,9,11,13-14H2,1H3. The van der Waals surface area contributed by atoms with Gasteiger partial charge in [-0.1, -0.05) is 37.3 Å². The van der Waals surface area contributed by atoms with Gasteiger partial charge in [-0.2, -0.15) is 0 Å². The van der Waals surface area contributed by atoms with Crippen LogP contribution in [0, 0.1) is 0 Å². The summed E-state index contributed by atoms with van der Waals surface area (Å²) in [5.74, 6) is 0.975. The van der Waals surface area contributed by atoms with Gasteiger partial charge in [0.2, 0.25) is 0 Å². The van der Waals surface area contributed by atoms with Gasteiger partial charge in [0, 0.05) is 24.7 Å². The van der Waals surface area contributed by atoms with Crippen LogP contribution in [0.4, 0.5) is 5.82 Å². The fourth-order valence-corrected chi connectivity index (χ4v) is 3.24. The summed E-state index contributed by atoms with van der Waals surface area (Å²) in [6.07, 6.45) is 4.15. The van der Waals surface area contributed by atoms with Crippen LogP contribution in [0.2, 0.25) is 0 Å². The van der Waals surface area contributed by atoms with Gasteiger partial charge < -0.3 is 10.0 Å². The van der Waals surface area contributed by atoms with Crippen molar-refractivity contribution < 1.29 is 5.11 Å². The summed E-state index contributed by atoms with van der Waals surface area (Å²) in [4.78, 5) is 6.83. The normalized spacial score (nSPS) is 22.3. The highest BCUT2D eigenvalue weighted by Gasteiger charge is 2.33. The van der Waals surface area contributed by atoms with E-state index in [9.17, 15) is 5.11 Å². The maximum absolute atomic E-state index is 9.29. The van der Waals surface area contributed by atoms with Gasteiger partial charge in [0.05, 0.1) is 6.61 Å². The molecule has 1 aromatic heterocycles. The quantitative estimate of drug-likeness (QED) is 0.939. The summed E-state index contributed by atoms with van der Waals surface area (Å²) in [5, 5.41) is 9.29. The van der Waals surface area contributed by atoms with Gasteiger partial charge in [0.15, 0.2) is 0 Å². The predicted octanol–water partition coefficient (Wildman–Crippen LogP) is 3.13. The average molecular weight is 282 g/mol. The van der Waals surface area contributed by atoms with Crippen molar-refractivity contribution in [2.24, 2.45) is 0 Å². The van der Waals surface area contributed by atoms with Crippen molar-refractivity contribution in [3.63, 3.8) is 0 Å². The average Bonchev–Trinajstić information content (AvgIpc) is 2.56. The Bertz CT molecular complexity index is 599. The van der Waals surface area contributed by atoms with Gasteiger partial charge in [-0.15, -0.1) is 0 Å². The maximum Gasteiger partial charge on any atom is 0.128 e. The van der Waals surface area contributed by atoms with Crippen LogP contribution in [0.15, 0.2) is 48.7 Å². The Morgan fingerprint density at radius 1 is 1.24 bits per heavy atom. The molecule has 1 N–H and O–H groups in total.